The van der Waals surface area contributed by atoms with E-state index in [9.17, 15) is 0 Å². The van der Waals surface area contributed by atoms with Crippen LogP contribution in [0.1, 0.15) is 78.1 Å². The summed E-state index contributed by atoms with van der Waals surface area (Å²) in [6.07, 6.45) is 14.6. The van der Waals surface area contributed by atoms with Crippen LogP contribution in [-0.2, 0) is 0 Å². The first kappa shape index (κ1) is 18.3. The third kappa shape index (κ3) is 6.58. The molecule has 0 unspecified atom stereocenters. The van der Waals surface area contributed by atoms with Gasteiger partial charge in [-0.25, -0.2) is 0 Å². The van der Waals surface area contributed by atoms with Crippen molar-refractivity contribution in [2.24, 2.45) is 11.8 Å². The molecule has 2 saturated heterocycles. The lowest BCUT2D eigenvalue weighted by Crippen LogP contribution is -2.34. The number of hydrogen-bond acceptors (Lipinski definition) is 2. The molecule has 0 spiro atoms. The summed E-state index contributed by atoms with van der Waals surface area (Å²) in [7, 11) is 0. The summed E-state index contributed by atoms with van der Waals surface area (Å²) < 4.78 is 0. The van der Waals surface area contributed by atoms with E-state index in [0.29, 0.717) is 0 Å². The Hall–Kier alpha value is -0.0800. The van der Waals surface area contributed by atoms with E-state index in [4.69, 9.17) is 0 Å². The second-order valence-corrected chi connectivity index (χ2v) is 7.80. The number of unbranched alkanes of at least 4 members (excludes halogenated alkanes) is 2. The van der Waals surface area contributed by atoms with Gasteiger partial charge in [-0.05, 0) is 83.2 Å². The average Bonchev–Trinajstić information content (AvgIpc) is 2.57. The fourth-order valence-electron chi connectivity index (χ4n) is 4.37. The number of hydrogen-bond donors (Lipinski definition) is 0. The third-order valence-corrected chi connectivity index (χ3v) is 6.16. The van der Waals surface area contributed by atoms with Gasteiger partial charge in [0, 0.05) is 0 Å². The summed E-state index contributed by atoms with van der Waals surface area (Å²) in [4.78, 5) is 5.33. The van der Waals surface area contributed by atoms with E-state index in [0.717, 1.165) is 11.8 Å². The number of piperidine rings is 2. The summed E-state index contributed by atoms with van der Waals surface area (Å²) >= 11 is 0. The molecule has 2 heterocycles. The zero-order valence-corrected chi connectivity index (χ0v) is 15.4. The molecule has 0 aromatic rings. The second-order valence-electron chi connectivity index (χ2n) is 7.80. The van der Waals surface area contributed by atoms with Crippen LogP contribution in [0.3, 0.4) is 0 Å². The Morgan fingerprint density at radius 2 is 1.23 bits per heavy atom. The van der Waals surface area contributed by atoms with Crippen molar-refractivity contribution >= 4 is 0 Å². The third-order valence-electron chi connectivity index (χ3n) is 6.16. The number of rotatable bonds is 9. The predicted molar refractivity (Wildman–Crippen MR) is 97.4 cm³/mol. The fourth-order valence-corrected chi connectivity index (χ4v) is 4.37. The smallest absolute Gasteiger partial charge is 0.00161 e. The van der Waals surface area contributed by atoms with E-state index in [1.807, 2.05) is 0 Å². The topological polar surface area (TPSA) is 6.48 Å². The van der Waals surface area contributed by atoms with Gasteiger partial charge in [0.15, 0.2) is 0 Å². The molecule has 22 heavy (non-hydrogen) atoms. The van der Waals surface area contributed by atoms with E-state index < -0.39 is 0 Å². The first-order valence-corrected chi connectivity index (χ1v) is 10.3. The molecule has 2 aliphatic heterocycles. The lowest BCUT2D eigenvalue weighted by atomic mass is 9.87. The van der Waals surface area contributed by atoms with Crippen LogP contribution in [0.2, 0.25) is 0 Å². The average molecular weight is 309 g/mol. The normalized spacial score (nSPS) is 23.2. The Labute approximate surface area is 139 Å². The van der Waals surface area contributed by atoms with Crippen LogP contribution < -0.4 is 0 Å². The number of likely N-dealkylation sites (tertiary alicyclic amines) is 2. The molecule has 0 aromatic heterocycles. The van der Waals surface area contributed by atoms with E-state index >= 15 is 0 Å². The lowest BCUT2D eigenvalue weighted by molar-refractivity contribution is 0.164. The summed E-state index contributed by atoms with van der Waals surface area (Å²) in [5, 5.41) is 0. The van der Waals surface area contributed by atoms with Crippen molar-refractivity contribution in [2.75, 3.05) is 39.3 Å². The predicted octanol–water partition coefficient (Wildman–Crippen LogP) is 4.79. The molecule has 0 atom stereocenters. The van der Waals surface area contributed by atoms with E-state index in [1.165, 1.54) is 103 Å². The monoisotopic (exact) mass is 308 g/mol. The standard InChI is InChI=1S/C20H40N2/c1-3-5-6-14-22-17-12-20(13-18-22)9-7-8-19-10-15-21(4-2)16-11-19/h19-20H,3-18H2,1-2H3. The molecule has 0 bridgehead atoms. The van der Waals surface area contributed by atoms with Crippen molar-refractivity contribution in [1.82, 2.24) is 9.80 Å². The summed E-state index contributed by atoms with van der Waals surface area (Å²) in [6.45, 7) is 12.7. The van der Waals surface area contributed by atoms with Crippen LogP contribution in [0.15, 0.2) is 0 Å². The van der Waals surface area contributed by atoms with Crippen molar-refractivity contribution < 1.29 is 0 Å². The molecule has 0 aromatic carbocycles. The quantitative estimate of drug-likeness (QED) is 0.565. The van der Waals surface area contributed by atoms with Gasteiger partial charge in [0.05, 0.1) is 0 Å². The Kier molecular flexibility index (Phi) is 8.84. The van der Waals surface area contributed by atoms with Crippen LogP contribution >= 0.6 is 0 Å². The van der Waals surface area contributed by atoms with Gasteiger partial charge in [-0.15, -0.1) is 0 Å². The Morgan fingerprint density at radius 3 is 1.73 bits per heavy atom. The molecule has 2 rings (SSSR count). The molecule has 130 valence electrons. The van der Waals surface area contributed by atoms with Crippen LogP contribution in [-0.4, -0.2) is 49.1 Å². The first-order valence-electron chi connectivity index (χ1n) is 10.3. The van der Waals surface area contributed by atoms with Gasteiger partial charge in [-0.3, -0.25) is 0 Å². The maximum Gasteiger partial charge on any atom is -0.00161 e. The van der Waals surface area contributed by atoms with Gasteiger partial charge in [0.25, 0.3) is 0 Å². The van der Waals surface area contributed by atoms with Gasteiger partial charge >= 0.3 is 0 Å². The van der Waals surface area contributed by atoms with Crippen LogP contribution in [0.4, 0.5) is 0 Å². The largest absolute Gasteiger partial charge is 0.304 e. The van der Waals surface area contributed by atoms with Crippen LogP contribution in [0, 0.1) is 11.8 Å². The highest BCUT2D eigenvalue weighted by atomic mass is 15.1. The van der Waals surface area contributed by atoms with Gasteiger partial charge in [-0.2, -0.15) is 0 Å². The van der Waals surface area contributed by atoms with Crippen molar-refractivity contribution in [3.8, 4) is 0 Å². The Bertz CT molecular complexity index is 263. The van der Waals surface area contributed by atoms with Crippen molar-refractivity contribution in [3.05, 3.63) is 0 Å². The zero-order chi connectivity index (χ0) is 15.6. The zero-order valence-electron chi connectivity index (χ0n) is 15.4. The van der Waals surface area contributed by atoms with Crippen LogP contribution in [0.25, 0.3) is 0 Å². The Balaban J connectivity index is 1.49. The molecule has 0 radical (unpaired) electrons. The Morgan fingerprint density at radius 1 is 0.682 bits per heavy atom. The minimum atomic E-state index is 1.04. The van der Waals surface area contributed by atoms with Gasteiger partial charge in [-0.1, -0.05) is 46.0 Å². The maximum atomic E-state index is 2.71. The van der Waals surface area contributed by atoms with Crippen LogP contribution in [0.5, 0.6) is 0 Å². The van der Waals surface area contributed by atoms with E-state index in [-0.39, 0.29) is 0 Å². The molecular formula is C20H40N2. The molecular weight excluding hydrogens is 268 g/mol. The molecule has 2 heteroatoms. The maximum absolute atomic E-state index is 2.71. The van der Waals surface area contributed by atoms with Crippen molar-refractivity contribution in [2.45, 2.75) is 78.1 Å². The second kappa shape index (κ2) is 10.6. The molecule has 2 nitrogen and oxygen atoms in total. The number of nitrogens with zero attached hydrogens (tertiary/aromatic N) is 2. The highest BCUT2D eigenvalue weighted by Crippen LogP contribution is 2.27. The summed E-state index contributed by atoms with van der Waals surface area (Å²) in [5.74, 6) is 2.08. The molecule has 0 N–H and O–H groups in total. The lowest BCUT2D eigenvalue weighted by Gasteiger charge is -2.33. The molecule has 2 fully saturated rings. The minimum Gasteiger partial charge on any atom is -0.304 e. The molecule has 0 aliphatic carbocycles. The first-order chi connectivity index (χ1) is 10.8. The fraction of sp³-hybridized carbons (Fsp3) is 1.00. The highest BCUT2D eigenvalue weighted by Gasteiger charge is 2.20. The van der Waals surface area contributed by atoms with E-state index in [2.05, 4.69) is 23.6 Å². The minimum absolute atomic E-state index is 1.04. The van der Waals surface area contributed by atoms with Gasteiger partial charge < -0.3 is 9.80 Å². The molecule has 0 saturated carbocycles. The SMILES string of the molecule is CCCCCN1CCC(CCCC2CCN(CC)CC2)CC1. The van der Waals surface area contributed by atoms with Gasteiger partial charge in [0.2, 0.25) is 0 Å². The van der Waals surface area contributed by atoms with Gasteiger partial charge in [0.1, 0.15) is 0 Å². The van der Waals surface area contributed by atoms with Crippen molar-refractivity contribution in [3.63, 3.8) is 0 Å². The molecule has 0 amide bonds. The van der Waals surface area contributed by atoms with E-state index in [1.54, 1.807) is 0 Å². The summed E-state index contributed by atoms with van der Waals surface area (Å²) in [6, 6.07) is 0. The molecule has 2 aliphatic rings. The summed E-state index contributed by atoms with van der Waals surface area (Å²) in [5.41, 5.74) is 0. The van der Waals surface area contributed by atoms with Crippen molar-refractivity contribution in [1.29, 1.82) is 0 Å². The highest BCUT2D eigenvalue weighted by molar-refractivity contribution is 4.75.